The van der Waals surface area contributed by atoms with Crippen LogP contribution < -0.4 is 15.6 Å². The minimum Gasteiger partial charge on any atom is -0.465 e. The normalized spacial score (nSPS) is 22.8. The molecule has 1 fully saturated rings. The molecule has 0 aromatic heterocycles. The largest absolute Gasteiger partial charge is 0.465 e. The van der Waals surface area contributed by atoms with Gasteiger partial charge in [-0.2, -0.15) is 5.10 Å². The van der Waals surface area contributed by atoms with Gasteiger partial charge in [0, 0.05) is 30.9 Å². The predicted molar refractivity (Wildman–Crippen MR) is 89.3 cm³/mol. The lowest BCUT2D eigenvalue weighted by molar-refractivity contribution is -0.122. The van der Waals surface area contributed by atoms with Crippen molar-refractivity contribution in [3.63, 3.8) is 0 Å². The molecule has 3 N–H and O–H groups in total. The Balaban J connectivity index is 1.56. The van der Waals surface area contributed by atoms with Gasteiger partial charge in [-0.05, 0) is 31.0 Å². The van der Waals surface area contributed by atoms with E-state index in [1.807, 2.05) is 24.0 Å². The van der Waals surface area contributed by atoms with E-state index in [9.17, 15) is 9.59 Å². The van der Waals surface area contributed by atoms with E-state index in [1.165, 1.54) is 10.5 Å². The van der Waals surface area contributed by atoms with Crippen molar-refractivity contribution in [3.05, 3.63) is 23.8 Å². The van der Waals surface area contributed by atoms with Crippen molar-refractivity contribution in [2.75, 3.05) is 23.3 Å². The number of anilines is 2. The number of carboxylic acid groups (broad SMARTS) is 1. The smallest absolute Gasteiger partial charge is 0.407 e. The fraction of sp³-hybridized carbons (Fsp3) is 0.438. The summed E-state index contributed by atoms with van der Waals surface area (Å²) in [4.78, 5) is 26.1. The molecule has 1 aromatic carbocycles. The zero-order valence-corrected chi connectivity index (χ0v) is 13.3. The number of amidine groups is 1. The maximum Gasteiger partial charge on any atom is 0.407 e. The summed E-state index contributed by atoms with van der Waals surface area (Å²) in [5.74, 6) is 0.772. The molecule has 0 aliphatic carbocycles. The molecule has 1 aromatic rings. The number of amides is 2. The number of carbonyl (C=O) groups excluding carboxylic acids is 1. The highest BCUT2D eigenvalue weighted by atomic mass is 16.4. The lowest BCUT2D eigenvalue weighted by Crippen LogP contribution is -2.56. The number of aryl methyl sites for hydroxylation is 1. The van der Waals surface area contributed by atoms with Crippen LogP contribution >= 0.6 is 0 Å². The van der Waals surface area contributed by atoms with E-state index in [4.69, 9.17) is 5.11 Å². The number of hydrazone groups is 1. The van der Waals surface area contributed by atoms with Gasteiger partial charge in [-0.3, -0.25) is 4.79 Å². The first-order chi connectivity index (χ1) is 11.5. The van der Waals surface area contributed by atoms with Crippen LogP contribution in [0.15, 0.2) is 23.3 Å². The minimum atomic E-state index is -0.882. The van der Waals surface area contributed by atoms with Crippen LogP contribution in [0.25, 0.3) is 0 Å². The number of likely N-dealkylation sites (tertiary alicyclic amines) is 1. The highest BCUT2D eigenvalue weighted by Gasteiger charge is 2.34. The van der Waals surface area contributed by atoms with E-state index >= 15 is 0 Å². The van der Waals surface area contributed by atoms with Gasteiger partial charge in [0.25, 0.3) is 5.91 Å². The highest BCUT2D eigenvalue weighted by Crippen LogP contribution is 2.34. The third kappa shape index (κ3) is 2.34. The summed E-state index contributed by atoms with van der Waals surface area (Å²) in [6, 6.07) is 5.94. The zero-order chi connectivity index (χ0) is 16.8. The summed E-state index contributed by atoms with van der Waals surface area (Å²) in [6.07, 6.45) is 0.817. The molecule has 0 radical (unpaired) electrons. The number of nitrogens with one attached hydrogen (secondary N) is 2. The molecule has 2 amide bonds. The van der Waals surface area contributed by atoms with E-state index in [-0.39, 0.29) is 18.0 Å². The summed E-state index contributed by atoms with van der Waals surface area (Å²) < 4.78 is 0. The van der Waals surface area contributed by atoms with E-state index in [0.717, 1.165) is 30.1 Å². The molecule has 4 rings (SSSR count). The molecule has 126 valence electrons. The lowest BCUT2D eigenvalue weighted by atomic mass is 9.97. The summed E-state index contributed by atoms with van der Waals surface area (Å²) in [6.45, 7) is 2.85. The third-order valence-electron chi connectivity index (χ3n) is 4.83. The molecule has 0 saturated carbocycles. The van der Waals surface area contributed by atoms with Crippen LogP contribution in [0.1, 0.15) is 18.9 Å². The molecule has 24 heavy (non-hydrogen) atoms. The Morgan fingerprint density at radius 1 is 1.38 bits per heavy atom. The number of hydrogen-bond donors (Lipinski definition) is 3. The average Bonchev–Trinajstić information content (AvgIpc) is 2.53. The Labute approximate surface area is 139 Å². The summed E-state index contributed by atoms with van der Waals surface area (Å²) >= 11 is 0. The molecule has 1 saturated heterocycles. The van der Waals surface area contributed by atoms with Crippen molar-refractivity contribution in [2.24, 2.45) is 5.10 Å². The minimum absolute atomic E-state index is 0.110. The summed E-state index contributed by atoms with van der Waals surface area (Å²) in [7, 11) is 0. The first-order valence-electron chi connectivity index (χ1n) is 8.06. The van der Waals surface area contributed by atoms with Crippen LogP contribution in [-0.4, -0.2) is 53.0 Å². The van der Waals surface area contributed by atoms with Gasteiger partial charge in [-0.25, -0.2) is 10.2 Å². The molecule has 3 heterocycles. The van der Waals surface area contributed by atoms with Gasteiger partial charge in [0.05, 0.1) is 6.04 Å². The van der Waals surface area contributed by atoms with Gasteiger partial charge in [-0.1, -0.05) is 6.07 Å². The number of rotatable bonds is 2. The van der Waals surface area contributed by atoms with Gasteiger partial charge in [0.1, 0.15) is 11.9 Å². The van der Waals surface area contributed by atoms with Crippen LogP contribution in [0.2, 0.25) is 0 Å². The topological polar surface area (TPSA) is 97.3 Å². The number of nitrogens with zero attached hydrogens (tertiary/aromatic N) is 3. The van der Waals surface area contributed by atoms with Crippen LogP contribution in [-0.2, 0) is 11.2 Å². The lowest BCUT2D eigenvalue weighted by Gasteiger charge is -2.40. The van der Waals surface area contributed by atoms with Crippen molar-refractivity contribution < 1.29 is 14.7 Å². The van der Waals surface area contributed by atoms with Crippen molar-refractivity contribution >= 4 is 29.2 Å². The third-order valence-corrected chi connectivity index (χ3v) is 4.83. The SMILES string of the molecule is CC1C(=O)NN=C2CCc3ccc(NC4CN(C(=O)O)C4)cc3N21. The molecule has 8 nitrogen and oxygen atoms in total. The Morgan fingerprint density at radius 3 is 2.92 bits per heavy atom. The maximum absolute atomic E-state index is 11.9. The maximum atomic E-state index is 11.9. The van der Waals surface area contributed by atoms with Crippen LogP contribution in [0, 0.1) is 0 Å². The Hall–Kier alpha value is -2.77. The second-order valence-corrected chi connectivity index (χ2v) is 6.42. The molecule has 1 atom stereocenters. The molecule has 8 heteroatoms. The van der Waals surface area contributed by atoms with E-state index in [2.05, 4.69) is 21.9 Å². The van der Waals surface area contributed by atoms with Crippen molar-refractivity contribution in [3.8, 4) is 0 Å². The van der Waals surface area contributed by atoms with Gasteiger partial charge in [0.15, 0.2) is 0 Å². The standard InChI is InChI=1S/C16H19N5O3/c1-9-15(22)19-18-14-5-3-10-2-4-11(6-13(10)21(9)14)17-12-7-20(8-12)16(23)24/h2,4,6,9,12,17H,3,5,7-8H2,1H3,(H,19,22)(H,23,24). The van der Waals surface area contributed by atoms with Crippen molar-refractivity contribution in [1.82, 2.24) is 10.3 Å². The van der Waals surface area contributed by atoms with Crippen LogP contribution in [0.4, 0.5) is 16.2 Å². The van der Waals surface area contributed by atoms with Gasteiger partial charge < -0.3 is 20.2 Å². The molecule has 1 unspecified atom stereocenters. The molecule has 0 bridgehead atoms. The Bertz CT molecular complexity index is 741. The molecule has 0 spiro atoms. The van der Waals surface area contributed by atoms with Crippen LogP contribution in [0.5, 0.6) is 0 Å². The fourth-order valence-corrected chi connectivity index (χ4v) is 3.43. The fourth-order valence-electron chi connectivity index (χ4n) is 3.43. The molecular formula is C16H19N5O3. The molecule has 3 aliphatic rings. The number of hydrogen-bond acceptors (Lipinski definition) is 5. The van der Waals surface area contributed by atoms with E-state index in [0.29, 0.717) is 13.1 Å². The number of carbonyl (C=O) groups is 2. The van der Waals surface area contributed by atoms with E-state index in [1.54, 1.807) is 0 Å². The predicted octanol–water partition coefficient (Wildman–Crippen LogP) is 1.05. The second-order valence-electron chi connectivity index (χ2n) is 6.42. The summed E-state index contributed by atoms with van der Waals surface area (Å²) in [5, 5.41) is 16.4. The van der Waals surface area contributed by atoms with Gasteiger partial charge in [-0.15, -0.1) is 0 Å². The van der Waals surface area contributed by atoms with Crippen LogP contribution in [0.3, 0.4) is 0 Å². The van der Waals surface area contributed by atoms with Gasteiger partial charge in [0.2, 0.25) is 0 Å². The Kier molecular flexibility index (Phi) is 3.33. The molecule has 3 aliphatic heterocycles. The zero-order valence-electron chi connectivity index (χ0n) is 13.3. The first-order valence-corrected chi connectivity index (χ1v) is 8.06. The highest BCUT2D eigenvalue weighted by molar-refractivity contribution is 6.08. The first kappa shape index (κ1) is 14.8. The monoisotopic (exact) mass is 329 g/mol. The van der Waals surface area contributed by atoms with Gasteiger partial charge >= 0.3 is 6.09 Å². The molecular weight excluding hydrogens is 310 g/mol. The number of benzene rings is 1. The summed E-state index contributed by atoms with van der Waals surface area (Å²) in [5.41, 5.74) is 5.70. The van der Waals surface area contributed by atoms with E-state index < -0.39 is 6.09 Å². The second kappa shape index (κ2) is 5.40. The van der Waals surface area contributed by atoms with Crippen molar-refractivity contribution in [2.45, 2.75) is 31.8 Å². The Morgan fingerprint density at radius 2 is 2.17 bits per heavy atom. The quantitative estimate of drug-likeness (QED) is 0.753. The number of fused-ring (bicyclic) bond motifs is 3. The average molecular weight is 329 g/mol. The van der Waals surface area contributed by atoms with Crippen molar-refractivity contribution in [1.29, 1.82) is 0 Å².